The van der Waals surface area contributed by atoms with Gasteiger partial charge in [0.15, 0.2) is 0 Å². The molecule has 0 radical (unpaired) electrons. The Bertz CT molecular complexity index is 1320. The number of ether oxygens (including phenoxy) is 1. The second kappa shape index (κ2) is 8.74. The van der Waals surface area contributed by atoms with Crippen LogP contribution in [0.5, 0.6) is 5.75 Å². The van der Waals surface area contributed by atoms with Gasteiger partial charge in [-0.25, -0.2) is 17.5 Å². The van der Waals surface area contributed by atoms with Crippen molar-refractivity contribution in [2.45, 2.75) is 44.0 Å². The van der Waals surface area contributed by atoms with Gasteiger partial charge in [0.1, 0.15) is 16.5 Å². The summed E-state index contributed by atoms with van der Waals surface area (Å²) in [6, 6.07) is 9.87. The van der Waals surface area contributed by atoms with Crippen molar-refractivity contribution in [2.75, 3.05) is 11.8 Å². The monoisotopic (exact) mass is 457 g/mol. The van der Waals surface area contributed by atoms with E-state index >= 15 is 0 Å². The minimum absolute atomic E-state index is 0.0672. The van der Waals surface area contributed by atoms with Gasteiger partial charge in [-0.1, -0.05) is 0 Å². The Morgan fingerprint density at radius 1 is 1.09 bits per heavy atom. The highest BCUT2D eigenvalue weighted by atomic mass is 32.2. The lowest BCUT2D eigenvalue weighted by molar-refractivity contribution is 0.403. The van der Waals surface area contributed by atoms with E-state index in [0.717, 1.165) is 30.4 Å². The van der Waals surface area contributed by atoms with Crippen LogP contribution in [0.25, 0.3) is 11.3 Å². The van der Waals surface area contributed by atoms with Crippen LogP contribution in [-0.4, -0.2) is 25.3 Å². The van der Waals surface area contributed by atoms with Crippen LogP contribution < -0.4 is 15.0 Å². The van der Waals surface area contributed by atoms with Gasteiger partial charge < -0.3 is 4.74 Å². The summed E-state index contributed by atoms with van der Waals surface area (Å²) in [6.45, 7) is 2.27. The van der Waals surface area contributed by atoms with Crippen molar-refractivity contribution >= 4 is 15.7 Å². The molecule has 2 aromatic carbocycles. The van der Waals surface area contributed by atoms with E-state index < -0.39 is 15.8 Å². The van der Waals surface area contributed by atoms with Gasteiger partial charge in [-0.2, -0.15) is 5.10 Å². The van der Waals surface area contributed by atoms with Gasteiger partial charge in [0.2, 0.25) is 0 Å². The summed E-state index contributed by atoms with van der Waals surface area (Å²) < 4.78 is 48.7. The standard InChI is InChI=1S/C23H24FN3O4S/c1-3-27-23(28)19-7-5-4-6-18(19)22(25-27)15-8-13-20(31-2)21(14-15)32(29,30)26-17-11-9-16(24)10-12-17/h8-14,26H,3-7H2,1-2H3. The maximum atomic E-state index is 13.2. The van der Waals surface area contributed by atoms with Gasteiger partial charge in [0.05, 0.1) is 12.8 Å². The number of nitrogens with one attached hydrogen (secondary N) is 1. The molecule has 1 N–H and O–H groups in total. The van der Waals surface area contributed by atoms with E-state index in [1.807, 2.05) is 6.92 Å². The summed E-state index contributed by atoms with van der Waals surface area (Å²) in [5, 5.41) is 4.55. The molecule has 4 rings (SSSR count). The summed E-state index contributed by atoms with van der Waals surface area (Å²) in [7, 11) is -2.65. The molecule has 0 spiro atoms. The largest absolute Gasteiger partial charge is 0.495 e. The summed E-state index contributed by atoms with van der Waals surface area (Å²) in [5.74, 6) is -0.296. The molecular formula is C23H24FN3O4S. The lowest BCUT2D eigenvalue weighted by atomic mass is 9.90. The quantitative estimate of drug-likeness (QED) is 0.609. The van der Waals surface area contributed by atoms with Crippen LogP contribution in [0.3, 0.4) is 0 Å². The van der Waals surface area contributed by atoms with Crippen molar-refractivity contribution in [3.05, 3.63) is 69.8 Å². The fourth-order valence-electron chi connectivity index (χ4n) is 3.99. The number of hydrogen-bond acceptors (Lipinski definition) is 5. The lowest BCUT2D eigenvalue weighted by Gasteiger charge is -2.20. The third-order valence-corrected chi connectivity index (χ3v) is 6.99. The number of halogens is 1. The molecule has 0 atom stereocenters. The molecule has 3 aromatic rings. The van der Waals surface area contributed by atoms with E-state index in [1.165, 1.54) is 42.1 Å². The summed E-state index contributed by atoms with van der Waals surface area (Å²) in [5.41, 5.74) is 2.99. The van der Waals surface area contributed by atoms with E-state index in [0.29, 0.717) is 24.2 Å². The van der Waals surface area contributed by atoms with Gasteiger partial charge >= 0.3 is 0 Å². The Morgan fingerprint density at radius 3 is 2.44 bits per heavy atom. The first kappa shape index (κ1) is 22.0. The molecule has 7 nitrogen and oxygen atoms in total. The second-order valence-corrected chi connectivity index (χ2v) is 9.26. The molecule has 1 aromatic heterocycles. The van der Waals surface area contributed by atoms with Crippen LogP contribution in [0.1, 0.15) is 30.9 Å². The maximum absolute atomic E-state index is 13.2. The van der Waals surface area contributed by atoms with E-state index in [1.54, 1.807) is 12.1 Å². The Kier molecular flexibility index (Phi) is 6.01. The molecule has 1 aliphatic rings. The Morgan fingerprint density at radius 2 is 1.78 bits per heavy atom. The average molecular weight is 458 g/mol. The minimum atomic E-state index is -4.04. The topological polar surface area (TPSA) is 90.3 Å². The number of fused-ring (bicyclic) bond motifs is 1. The van der Waals surface area contributed by atoms with Crippen LogP contribution in [0, 0.1) is 5.82 Å². The van der Waals surface area contributed by atoms with Crippen molar-refractivity contribution in [3.8, 4) is 17.0 Å². The summed E-state index contributed by atoms with van der Waals surface area (Å²) in [6.07, 6.45) is 3.31. The molecule has 9 heteroatoms. The Labute approximate surface area is 185 Å². The van der Waals surface area contributed by atoms with E-state index in [4.69, 9.17) is 4.74 Å². The van der Waals surface area contributed by atoms with Gasteiger partial charge in [0.25, 0.3) is 15.6 Å². The molecule has 0 amide bonds. The maximum Gasteiger partial charge on any atom is 0.270 e. The predicted molar refractivity (Wildman–Crippen MR) is 120 cm³/mol. The zero-order chi connectivity index (χ0) is 22.9. The number of rotatable bonds is 6. The SMILES string of the molecule is CCn1nc(-c2ccc(OC)c(S(=O)(=O)Nc3ccc(F)cc3)c2)c2c(c1=O)CCCC2. The molecule has 32 heavy (non-hydrogen) atoms. The number of benzene rings is 2. The first-order valence-corrected chi connectivity index (χ1v) is 11.9. The van der Waals surface area contributed by atoms with Crippen LogP contribution in [0.2, 0.25) is 0 Å². The minimum Gasteiger partial charge on any atom is -0.495 e. The van der Waals surface area contributed by atoms with Crippen molar-refractivity contribution < 1.29 is 17.5 Å². The number of aromatic nitrogens is 2. The normalized spacial score (nSPS) is 13.5. The van der Waals surface area contributed by atoms with Crippen LogP contribution in [-0.2, 0) is 29.4 Å². The predicted octanol–water partition coefficient (Wildman–Crippen LogP) is 3.76. The molecule has 0 unspecified atom stereocenters. The summed E-state index contributed by atoms with van der Waals surface area (Å²) in [4.78, 5) is 12.7. The third kappa shape index (κ3) is 4.12. The molecule has 0 bridgehead atoms. The first-order valence-electron chi connectivity index (χ1n) is 10.4. The van der Waals surface area contributed by atoms with Crippen molar-refractivity contribution in [3.63, 3.8) is 0 Å². The van der Waals surface area contributed by atoms with Crippen LogP contribution >= 0.6 is 0 Å². The van der Waals surface area contributed by atoms with Crippen molar-refractivity contribution in [1.82, 2.24) is 9.78 Å². The van der Waals surface area contributed by atoms with Crippen molar-refractivity contribution in [2.24, 2.45) is 0 Å². The number of hydrogen-bond donors (Lipinski definition) is 1. The third-order valence-electron chi connectivity index (χ3n) is 5.59. The van der Waals surface area contributed by atoms with Crippen LogP contribution in [0.15, 0.2) is 52.2 Å². The van der Waals surface area contributed by atoms with Crippen molar-refractivity contribution in [1.29, 1.82) is 0 Å². The first-order chi connectivity index (χ1) is 15.3. The van der Waals surface area contributed by atoms with Gasteiger partial charge in [-0.3, -0.25) is 9.52 Å². The number of nitrogens with zero attached hydrogens (tertiary/aromatic N) is 2. The second-order valence-electron chi connectivity index (χ2n) is 7.61. The van der Waals surface area contributed by atoms with Gasteiger partial charge in [0, 0.05) is 23.4 Å². The van der Waals surface area contributed by atoms with Gasteiger partial charge in [-0.05, 0) is 80.6 Å². The van der Waals surface area contributed by atoms with E-state index in [9.17, 15) is 17.6 Å². The molecular weight excluding hydrogens is 433 g/mol. The van der Waals surface area contributed by atoms with Crippen LogP contribution in [0.4, 0.5) is 10.1 Å². The smallest absolute Gasteiger partial charge is 0.270 e. The molecule has 1 heterocycles. The number of anilines is 1. The highest BCUT2D eigenvalue weighted by molar-refractivity contribution is 7.92. The number of sulfonamides is 1. The number of aryl methyl sites for hydroxylation is 1. The lowest BCUT2D eigenvalue weighted by Crippen LogP contribution is -2.30. The molecule has 1 aliphatic carbocycles. The highest BCUT2D eigenvalue weighted by Crippen LogP contribution is 2.34. The zero-order valence-corrected chi connectivity index (χ0v) is 18.7. The molecule has 0 fully saturated rings. The van der Waals surface area contributed by atoms with Gasteiger partial charge in [-0.15, -0.1) is 0 Å². The fraction of sp³-hybridized carbons (Fsp3) is 0.304. The highest BCUT2D eigenvalue weighted by Gasteiger charge is 2.25. The Balaban J connectivity index is 1.84. The number of methoxy groups -OCH3 is 1. The molecule has 0 aliphatic heterocycles. The summed E-state index contributed by atoms with van der Waals surface area (Å²) >= 11 is 0. The zero-order valence-electron chi connectivity index (χ0n) is 17.9. The Hall–Kier alpha value is -3.20. The average Bonchev–Trinajstić information content (AvgIpc) is 2.80. The molecule has 0 saturated heterocycles. The van der Waals surface area contributed by atoms with E-state index in [-0.39, 0.29) is 21.9 Å². The molecule has 168 valence electrons. The molecule has 0 saturated carbocycles. The van der Waals surface area contributed by atoms with E-state index in [2.05, 4.69) is 9.82 Å². The fourth-order valence-corrected chi connectivity index (χ4v) is 5.25.